The van der Waals surface area contributed by atoms with Gasteiger partial charge in [0.15, 0.2) is 6.29 Å². The first-order valence-electron chi connectivity index (χ1n) is 4.23. The Morgan fingerprint density at radius 2 is 1.83 bits per heavy atom. The monoisotopic (exact) mass is 170 g/mol. The molecular formula is C10H18O2. The van der Waals surface area contributed by atoms with Gasteiger partial charge in [0.05, 0.1) is 5.60 Å². The van der Waals surface area contributed by atoms with Crippen molar-refractivity contribution in [3.05, 3.63) is 12.2 Å². The molecule has 1 fully saturated rings. The van der Waals surface area contributed by atoms with Crippen LogP contribution in [0.4, 0.5) is 0 Å². The van der Waals surface area contributed by atoms with Crippen molar-refractivity contribution in [1.29, 1.82) is 0 Å². The molecule has 1 heterocycles. The highest BCUT2D eigenvalue weighted by Crippen LogP contribution is 2.47. The van der Waals surface area contributed by atoms with E-state index in [0.29, 0.717) is 0 Å². The van der Waals surface area contributed by atoms with Crippen LogP contribution in [0.3, 0.4) is 0 Å². The molecule has 0 N–H and O–H groups in total. The van der Waals surface area contributed by atoms with Gasteiger partial charge in [0.1, 0.15) is 0 Å². The Morgan fingerprint density at radius 3 is 2.00 bits per heavy atom. The molecule has 2 heteroatoms. The van der Waals surface area contributed by atoms with Crippen LogP contribution in [0, 0.1) is 5.41 Å². The van der Waals surface area contributed by atoms with Crippen LogP contribution >= 0.6 is 0 Å². The van der Waals surface area contributed by atoms with Gasteiger partial charge in [0.25, 0.3) is 0 Å². The van der Waals surface area contributed by atoms with Crippen molar-refractivity contribution in [1.82, 2.24) is 0 Å². The van der Waals surface area contributed by atoms with E-state index in [2.05, 4.69) is 20.4 Å². The topological polar surface area (TPSA) is 18.5 Å². The molecule has 1 atom stereocenters. The normalized spacial score (nSPS) is 32.4. The zero-order valence-corrected chi connectivity index (χ0v) is 8.60. The van der Waals surface area contributed by atoms with E-state index in [9.17, 15) is 0 Å². The van der Waals surface area contributed by atoms with Crippen molar-refractivity contribution in [3.63, 3.8) is 0 Å². The first-order valence-corrected chi connectivity index (χ1v) is 4.23. The molecule has 0 spiro atoms. The van der Waals surface area contributed by atoms with E-state index < -0.39 is 0 Å². The quantitative estimate of drug-likeness (QED) is 0.562. The summed E-state index contributed by atoms with van der Waals surface area (Å²) in [4.78, 5) is 0. The predicted octanol–water partition coefficient (Wildman–Crippen LogP) is 2.35. The Morgan fingerprint density at radius 1 is 1.33 bits per heavy atom. The van der Waals surface area contributed by atoms with Gasteiger partial charge in [-0.2, -0.15) is 0 Å². The van der Waals surface area contributed by atoms with Crippen LogP contribution in [-0.2, 0) is 9.47 Å². The molecule has 1 aliphatic heterocycles. The highest BCUT2D eigenvalue weighted by Gasteiger charge is 2.49. The molecule has 0 amide bonds. The maximum atomic E-state index is 5.70. The van der Waals surface area contributed by atoms with E-state index in [0.717, 1.165) is 5.57 Å². The van der Waals surface area contributed by atoms with Crippen LogP contribution in [0.25, 0.3) is 0 Å². The zero-order chi connectivity index (χ0) is 9.57. The standard InChI is InChI=1S/C10H18O2/c1-7-9(2,3)8(11-6)12-10(7,4)5/h8H,1H2,2-6H3. The minimum absolute atomic E-state index is 0.0851. The van der Waals surface area contributed by atoms with E-state index in [-0.39, 0.29) is 17.3 Å². The minimum atomic E-state index is -0.260. The molecule has 12 heavy (non-hydrogen) atoms. The number of hydrogen-bond acceptors (Lipinski definition) is 2. The van der Waals surface area contributed by atoms with Gasteiger partial charge in [-0.1, -0.05) is 20.4 Å². The van der Waals surface area contributed by atoms with E-state index >= 15 is 0 Å². The fourth-order valence-electron chi connectivity index (χ4n) is 1.75. The number of ether oxygens (including phenoxy) is 2. The van der Waals surface area contributed by atoms with Crippen molar-refractivity contribution in [2.75, 3.05) is 7.11 Å². The van der Waals surface area contributed by atoms with Gasteiger partial charge >= 0.3 is 0 Å². The molecule has 0 saturated carbocycles. The van der Waals surface area contributed by atoms with Crippen molar-refractivity contribution in [3.8, 4) is 0 Å². The fraction of sp³-hybridized carbons (Fsp3) is 0.800. The Labute approximate surface area is 74.6 Å². The van der Waals surface area contributed by atoms with Crippen LogP contribution in [0.5, 0.6) is 0 Å². The van der Waals surface area contributed by atoms with Crippen LogP contribution in [0.1, 0.15) is 27.7 Å². The highest BCUT2D eigenvalue weighted by molar-refractivity contribution is 5.23. The molecule has 0 aromatic carbocycles. The molecular weight excluding hydrogens is 152 g/mol. The van der Waals surface area contributed by atoms with Gasteiger partial charge in [-0.3, -0.25) is 0 Å². The van der Waals surface area contributed by atoms with Gasteiger partial charge in [0.2, 0.25) is 0 Å². The van der Waals surface area contributed by atoms with Gasteiger partial charge in [0, 0.05) is 12.5 Å². The summed E-state index contributed by atoms with van der Waals surface area (Å²) in [5.41, 5.74) is 0.754. The maximum absolute atomic E-state index is 5.70. The highest BCUT2D eigenvalue weighted by atomic mass is 16.7. The number of rotatable bonds is 1. The molecule has 0 bridgehead atoms. The van der Waals surface area contributed by atoms with Gasteiger partial charge in [-0.15, -0.1) is 0 Å². The molecule has 1 aliphatic rings. The summed E-state index contributed by atoms with van der Waals surface area (Å²) in [6.45, 7) is 12.3. The van der Waals surface area contributed by atoms with Crippen LogP contribution in [0.15, 0.2) is 12.2 Å². The average Bonchev–Trinajstić information content (AvgIpc) is 2.11. The zero-order valence-electron chi connectivity index (χ0n) is 8.60. The summed E-state index contributed by atoms with van der Waals surface area (Å²) in [5.74, 6) is 0. The summed E-state index contributed by atoms with van der Waals surface area (Å²) in [6, 6.07) is 0. The molecule has 0 radical (unpaired) electrons. The molecule has 0 aromatic rings. The van der Waals surface area contributed by atoms with Gasteiger partial charge in [-0.25, -0.2) is 0 Å². The third kappa shape index (κ3) is 1.19. The maximum Gasteiger partial charge on any atom is 0.167 e. The molecule has 0 aromatic heterocycles. The molecule has 1 rings (SSSR count). The average molecular weight is 170 g/mol. The lowest BCUT2D eigenvalue weighted by Gasteiger charge is -2.24. The van der Waals surface area contributed by atoms with Crippen molar-refractivity contribution in [2.24, 2.45) is 5.41 Å². The lowest BCUT2D eigenvalue weighted by molar-refractivity contribution is -0.169. The molecule has 70 valence electrons. The Balaban J connectivity index is 2.96. The Hall–Kier alpha value is -0.340. The van der Waals surface area contributed by atoms with Crippen molar-refractivity contribution < 1.29 is 9.47 Å². The summed E-state index contributed by atoms with van der Waals surface area (Å²) in [5, 5.41) is 0. The summed E-state index contributed by atoms with van der Waals surface area (Å²) >= 11 is 0. The second-order valence-electron chi connectivity index (χ2n) is 4.40. The Kier molecular flexibility index (Phi) is 2.09. The van der Waals surface area contributed by atoms with E-state index in [4.69, 9.17) is 9.47 Å². The van der Waals surface area contributed by atoms with Gasteiger partial charge < -0.3 is 9.47 Å². The second kappa shape index (κ2) is 2.57. The third-order valence-electron chi connectivity index (χ3n) is 2.71. The van der Waals surface area contributed by atoms with Crippen LogP contribution in [-0.4, -0.2) is 19.0 Å². The fourth-order valence-corrected chi connectivity index (χ4v) is 1.75. The number of hydrogen-bond donors (Lipinski definition) is 0. The second-order valence-corrected chi connectivity index (χ2v) is 4.40. The van der Waals surface area contributed by atoms with Crippen molar-refractivity contribution >= 4 is 0 Å². The first-order chi connectivity index (χ1) is 5.32. The SMILES string of the molecule is C=C1C(C)(C)OC(OC)C1(C)C. The van der Waals surface area contributed by atoms with E-state index in [1.807, 2.05) is 13.8 Å². The summed E-state index contributed by atoms with van der Waals surface area (Å²) in [6.07, 6.45) is -0.167. The summed E-state index contributed by atoms with van der Waals surface area (Å²) < 4.78 is 11.0. The number of methoxy groups -OCH3 is 1. The smallest absolute Gasteiger partial charge is 0.167 e. The molecule has 2 nitrogen and oxygen atoms in total. The molecule has 1 unspecified atom stereocenters. The Bertz CT molecular complexity index is 204. The lowest BCUT2D eigenvalue weighted by Crippen LogP contribution is -2.26. The van der Waals surface area contributed by atoms with Crippen LogP contribution in [0.2, 0.25) is 0 Å². The first kappa shape index (κ1) is 9.75. The van der Waals surface area contributed by atoms with E-state index in [1.165, 1.54) is 0 Å². The largest absolute Gasteiger partial charge is 0.355 e. The predicted molar refractivity (Wildman–Crippen MR) is 48.9 cm³/mol. The summed E-state index contributed by atoms with van der Waals surface area (Å²) in [7, 11) is 1.67. The molecule has 0 aliphatic carbocycles. The van der Waals surface area contributed by atoms with E-state index in [1.54, 1.807) is 7.11 Å². The third-order valence-corrected chi connectivity index (χ3v) is 2.71. The van der Waals surface area contributed by atoms with Crippen LogP contribution < -0.4 is 0 Å². The van der Waals surface area contributed by atoms with Crippen molar-refractivity contribution in [2.45, 2.75) is 39.6 Å². The van der Waals surface area contributed by atoms with Gasteiger partial charge in [-0.05, 0) is 19.4 Å². The molecule has 1 saturated heterocycles. The minimum Gasteiger partial charge on any atom is -0.355 e. The lowest BCUT2D eigenvalue weighted by atomic mass is 9.80.